The van der Waals surface area contributed by atoms with Gasteiger partial charge in [-0.15, -0.1) is 0 Å². The van der Waals surface area contributed by atoms with Crippen LogP contribution in [0.2, 0.25) is 0 Å². The number of hydrogen-bond donors (Lipinski definition) is 2. The minimum atomic E-state index is -3.17. The average molecular weight is 328 g/mol. The molecule has 1 saturated heterocycles. The van der Waals surface area contributed by atoms with Gasteiger partial charge in [0, 0.05) is 43.3 Å². The fourth-order valence-corrected chi connectivity index (χ4v) is 3.68. The molecule has 1 aliphatic rings. The Kier molecular flexibility index (Phi) is 5.66. The number of carbonyl (C=O) groups is 1. The zero-order valence-electron chi connectivity index (χ0n) is 12.0. The van der Waals surface area contributed by atoms with Crippen LogP contribution < -0.4 is 10.6 Å². The normalized spacial score (nSPS) is 19.2. The first kappa shape index (κ1) is 16.3. The summed E-state index contributed by atoms with van der Waals surface area (Å²) in [6, 6.07) is 6.83. The van der Waals surface area contributed by atoms with Crippen LogP contribution in [0, 0.1) is 0 Å². The van der Waals surface area contributed by atoms with Crippen LogP contribution in [-0.4, -0.2) is 44.7 Å². The molecule has 1 atom stereocenters. The van der Waals surface area contributed by atoms with E-state index in [0.29, 0.717) is 17.9 Å². The lowest BCUT2D eigenvalue weighted by molar-refractivity contribution is -0.121. The average Bonchev–Trinajstić information content (AvgIpc) is 2.46. The third-order valence-electron chi connectivity index (χ3n) is 3.27. The summed E-state index contributed by atoms with van der Waals surface area (Å²) in [4.78, 5) is 12.1. The highest BCUT2D eigenvalue weighted by Gasteiger charge is 2.16. The van der Waals surface area contributed by atoms with Crippen LogP contribution in [-0.2, 0) is 21.2 Å². The lowest BCUT2D eigenvalue weighted by Crippen LogP contribution is -2.41. The number of sulfone groups is 1. The van der Waals surface area contributed by atoms with Gasteiger partial charge in [-0.05, 0) is 17.7 Å². The predicted octanol–water partition coefficient (Wildman–Crippen LogP) is 0.801. The van der Waals surface area contributed by atoms with Crippen molar-refractivity contribution in [2.45, 2.75) is 23.9 Å². The van der Waals surface area contributed by atoms with Crippen molar-refractivity contribution in [3.63, 3.8) is 0 Å². The largest absolute Gasteiger partial charge is 0.352 e. The summed E-state index contributed by atoms with van der Waals surface area (Å²) < 4.78 is 22.7. The van der Waals surface area contributed by atoms with Gasteiger partial charge in [0.15, 0.2) is 9.84 Å². The molecule has 1 aliphatic heterocycles. The Morgan fingerprint density at radius 1 is 1.38 bits per heavy atom. The van der Waals surface area contributed by atoms with E-state index in [4.69, 9.17) is 0 Å². The molecule has 0 aromatic heterocycles. The second-order valence-corrected chi connectivity index (χ2v) is 8.29. The maximum atomic E-state index is 11.9. The Bertz CT molecular complexity index is 579. The van der Waals surface area contributed by atoms with Gasteiger partial charge in [-0.25, -0.2) is 8.42 Å². The first-order valence-corrected chi connectivity index (χ1v) is 9.86. The SMILES string of the molecule is CS(=O)(=O)c1ccc(CNC(=O)CC2CSCCN2)cc1. The topological polar surface area (TPSA) is 75.3 Å². The van der Waals surface area contributed by atoms with E-state index in [1.54, 1.807) is 24.3 Å². The van der Waals surface area contributed by atoms with Crippen molar-refractivity contribution in [3.05, 3.63) is 29.8 Å². The van der Waals surface area contributed by atoms with Crippen molar-refractivity contribution in [1.29, 1.82) is 0 Å². The first-order chi connectivity index (χ1) is 9.95. The van der Waals surface area contributed by atoms with Gasteiger partial charge in [0.1, 0.15) is 0 Å². The molecule has 116 valence electrons. The molecule has 2 N–H and O–H groups in total. The number of carbonyl (C=O) groups excluding carboxylic acids is 1. The number of amides is 1. The Morgan fingerprint density at radius 2 is 2.10 bits per heavy atom. The molecular formula is C14H20N2O3S2. The summed E-state index contributed by atoms with van der Waals surface area (Å²) in [5.74, 6) is 2.09. The summed E-state index contributed by atoms with van der Waals surface area (Å²) in [5.41, 5.74) is 0.890. The molecule has 2 rings (SSSR count). The lowest BCUT2D eigenvalue weighted by atomic mass is 10.2. The highest BCUT2D eigenvalue weighted by Crippen LogP contribution is 2.11. The molecule has 1 aromatic rings. The van der Waals surface area contributed by atoms with E-state index in [2.05, 4.69) is 10.6 Å². The number of benzene rings is 1. The predicted molar refractivity (Wildman–Crippen MR) is 85.1 cm³/mol. The van der Waals surface area contributed by atoms with Crippen molar-refractivity contribution in [1.82, 2.24) is 10.6 Å². The fraction of sp³-hybridized carbons (Fsp3) is 0.500. The van der Waals surface area contributed by atoms with Crippen LogP contribution in [0.25, 0.3) is 0 Å². The zero-order valence-corrected chi connectivity index (χ0v) is 13.6. The van der Waals surface area contributed by atoms with Gasteiger partial charge in [-0.3, -0.25) is 4.79 Å². The highest BCUT2D eigenvalue weighted by molar-refractivity contribution is 7.99. The molecule has 1 fully saturated rings. The molecule has 21 heavy (non-hydrogen) atoms. The Balaban J connectivity index is 1.81. The summed E-state index contributed by atoms with van der Waals surface area (Å²) in [6.07, 6.45) is 1.66. The second kappa shape index (κ2) is 7.29. The van der Waals surface area contributed by atoms with Crippen LogP contribution in [0.15, 0.2) is 29.2 Å². The Labute approximate surface area is 129 Å². The van der Waals surface area contributed by atoms with Gasteiger partial charge in [0.2, 0.25) is 5.91 Å². The third kappa shape index (κ3) is 5.33. The zero-order chi connectivity index (χ0) is 15.3. The summed E-state index contributed by atoms with van der Waals surface area (Å²) in [5, 5.41) is 6.19. The van der Waals surface area contributed by atoms with Gasteiger partial charge < -0.3 is 10.6 Å². The number of rotatable bonds is 5. The number of hydrogen-bond acceptors (Lipinski definition) is 5. The molecular weight excluding hydrogens is 308 g/mol. The van der Waals surface area contributed by atoms with E-state index < -0.39 is 9.84 Å². The Morgan fingerprint density at radius 3 is 2.67 bits per heavy atom. The number of thioether (sulfide) groups is 1. The quantitative estimate of drug-likeness (QED) is 0.836. The fourth-order valence-electron chi connectivity index (χ4n) is 2.10. The summed E-state index contributed by atoms with van der Waals surface area (Å²) in [7, 11) is -3.17. The molecule has 0 saturated carbocycles. The Hall–Kier alpha value is -1.05. The molecule has 1 unspecified atom stereocenters. The minimum absolute atomic E-state index is 0.0159. The molecule has 1 amide bonds. The molecule has 0 spiro atoms. The van der Waals surface area contributed by atoms with Crippen LogP contribution in [0.4, 0.5) is 0 Å². The van der Waals surface area contributed by atoms with E-state index in [1.807, 2.05) is 11.8 Å². The van der Waals surface area contributed by atoms with Gasteiger partial charge in [0.25, 0.3) is 0 Å². The molecule has 0 radical (unpaired) electrons. The summed E-state index contributed by atoms with van der Waals surface area (Å²) >= 11 is 1.86. The van der Waals surface area contributed by atoms with Crippen LogP contribution >= 0.6 is 11.8 Å². The van der Waals surface area contributed by atoms with Crippen molar-refractivity contribution < 1.29 is 13.2 Å². The van der Waals surface area contributed by atoms with Gasteiger partial charge in [-0.1, -0.05) is 12.1 Å². The smallest absolute Gasteiger partial charge is 0.221 e. The minimum Gasteiger partial charge on any atom is -0.352 e. The van der Waals surface area contributed by atoms with E-state index in [1.165, 1.54) is 6.26 Å². The van der Waals surface area contributed by atoms with Gasteiger partial charge >= 0.3 is 0 Å². The third-order valence-corrected chi connectivity index (χ3v) is 5.53. The van der Waals surface area contributed by atoms with E-state index in [9.17, 15) is 13.2 Å². The van der Waals surface area contributed by atoms with E-state index in [0.717, 1.165) is 23.6 Å². The molecule has 0 aliphatic carbocycles. The molecule has 1 aromatic carbocycles. The molecule has 7 heteroatoms. The lowest BCUT2D eigenvalue weighted by Gasteiger charge is -2.22. The van der Waals surface area contributed by atoms with Gasteiger partial charge in [-0.2, -0.15) is 11.8 Å². The molecule has 0 bridgehead atoms. The van der Waals surface area contributed by atoms with E-state index in [-0.39, 0.29) is 11.9 Å². The van der Waals surface area contributed by atoms with E-state index >= 15 is 0 Å². The second-order valence-electron chi connectivity index (χ2n) is 5.12. The van der Waals surface area contributed by atoms with Crippen molar-refractivity contribution in [2.24, 2.45) is 0 Å². The number of nitrogens with one attached hydrogen (secondary N) is 2. The maximum Gasteiger partial charge on any atom is 0.221 e. The van der Waals surface area contributed by atoms with Crippen molar-refractivity contribution >= 4 is 27.5 Å². The molecule has 1 heterocycles. The van der Waals surface area contributed by atoms with Crippen molar-refractivity contribution in [3.8, 4) is 0 Å². The van der Waals surface area contributed by atoms with Crippen molar-refractivity contribution in [2.75, 3.05) is 24.3 Å². The monoisotopic (exact) mass is 328 g/mol. The van der Waals surface area contributed by atoms with Crippen LogP contribution in [0.3, 0.4) is 0 Å². The summed E-state index contributed by atoms with van der Waals surface area (Å²) in [6.45, 7) is 1.37. The van der Waals surface area contributed by atoms with Crippen LogP contribution in [0.1, 0.15) is 12.0 Å². The molecule has 5 nitrogen and oxygen atoms in total. The van der Waals surface area contributed by atoms with Crippen LogP contribution in [0.5, 0.6) is 0 Å². The van der Waals surface area contributed by atoms with Gasteiger partial charge in [0.05, 0.1) is 4.90 Å². The standard InChI is InChI=1S/C14H20N2O3S2/c1-21(18,19)13-4-2-11(3-5-13)9-16-14(17)8-12-10-20-7-6-15-12/h2-5,12,15H,6-10H2,1H3,(H,16,17). The highest BCUT2D eigenvalue weighted by atomic mass is 32.2. The maximum absolute atomic E-state index is 11.9. The first-order valence-electron chi connectivity index (χ1n) is 6.82.